The number of aliphatic hydroxyl groups is 1. The Balaban J connectivity index is 1.92. The Morgan fingerprint density at radius 3 is 2.00 bits per heavy atom. The second-order valence-electron chi connectivity index (χ2n) is 6.30. The van der Waals surface area contributed by atoms with Crippen LogP contribution in [0.2, 0.25) is 5.02 Å². The summed E-state index contributed by atoms with van der Waals surface area (Å²) in [5.74, 6) is 0. The van der Waals surface area contributed by atoms with E-state index in [-0.39, 0.29) is 6.04 Å². The maximum absolute atomic E-state index is 11.1. The molecule has 1 aliphatic heterocycles. The van der Waals surface area contributed by atoms with Crippen molar-refractivity contribution in [3.63, 3.8) is 0 Å². The zero-order valence-corrected chi connectivity index (χ0v) is 14.1. The number of likely N-dealkylation sites (tertiary alicyclic amines) is 1. The quantitative estimate of drug-likeness (QED) is 0.854. The highest BCUT2D eigenvalue weighted by Gasteiger charge is 2.29. The van der Waals surface area contributed by atoms with E-state index in [0.717, 1.165) is 18.7 Å². The molecule has 1 aliphatic rings. The topological polar surface area (TPSA) is 23.5 Å². The van der Waals surface area contributed by atoms with Crippen LogP contribution >= 0.6 is 11.6 Å². The van der Waals surface area contributed by atoms with Gasteiger partial charge in [0.1, 0.15) is 0 Å². The molecule has 1 fully saturated rings. The first-order chi connectivity index (χ1) is 11.3. The van der Waals surface area contributed by atoms with Crippen LogP contribution in [0.4, 0.5) is 0 Å². The Labute approximate surface area is 143 Å². The molecule has 0 unspecified atom stereocenters. The fourth-order valence-electron chi connectivity index (χ4n) is 3.46. The van der Waals surface area contributed by atoms with E-state index in [4.69, 9.17) is 11.6 Å². The molecule has 0 saturated carbocycles. The van der Waals surface area contributed by atoms with E-state index in [2.05, 4.69) is 29.2 Å². The number of nitrogens with zero attached hydrogens (tertiary/aromatic N) is 1. The van der Waals surface area contributed by atoms with Crippen molar-refractivity contribution in [1.82, 2.24) is 4.90 Å². The van der Waals surface area contributed by atoms with Gasteiger partial charge in [-0.25, -0.2) is 0 Å². The van der Waals surface area contributed by atoms with Gasteiger partial charge in [-0.2, -0.15) is 0 Å². The van der Waals surface area contributed by atoms with Crippen LogP contribution in [0.3, 0.4) is 0 Å². The van der Waals surface area contributed by atoms with E-state index in [1.165, 1.54) is 31.2 Å². The van der Waals surface area contributed by atoms with Gasteiger partial charge in [-0.3, -0.25) is 4.90 Å². The number of hydrogen-bond donors (Lipinski definition) is 1. The monoisotopic (exact) mass is 329 g/mol. The van der Waals surface area contributed by atoms with Gasteiger partial charge in [-0.05, 0) is 49.2 Å². The molecule has 0 spiro atoms. The maximum atomic E-state index is 11.1. The smallest absolute Gasteiger partial charge is 0.0986 e. The molecule has 3 heteroatoms. The SMILES string of the molecule is O[C@H](c1ccc(Cl)cc1)[C@@H](c1ccccc1)N1CCCCCC1. The lowest BCUT2D eigenvalue weighted by molar-refractivity contribution is 0.0488. The van der Waals surface area contributed by atoms with Crippen molar-refractivity contribution in [1.29, 1.82) is 0 Å². The molecule has 0 amide bonds. The second kappa shape index (κ2) is 7.96. The molecular formula is C20H24ClNO. The fraction of sp³-hybridized carbons (Fsp3) is 0.400. The lowest BCUT2D eigenvalue weighted by Gasteiger charge is -2.34. The molecule has 1 heterocycles. The summed E-state index contributed by atoms with van der Waals surface area (Å²) < 4.78 is 0. The van der Waals surface area contributed by atoms with Gasteiger partial charge in [0.05, 0.1) is 12.1 Å². The van der Waals surface area contributed by atoms with Gasteiger partial charge < -0.3 is 5.11 Å². The number of rotatable bonds is 4. The molecule has 0 bridgehead atoms. The molecule has 2 nitrogen and oxygen atoms in total. The average molecular weight is 330 g/mol. The number of benzene rings is 2. The zero-order valence-electron chi connectivity index (χ0n) is 13.4. The summed E-state index contributed by atoms with van der Waals surface area (Å²) in [6.45, 7) is 2.09. The summed E-state index contributed by atoms with van der Waals surface area (Å²) in [7, 11) is 0. The van der Waals surface area contributed by atoms with Gasteiger partial charge in [0.25, 0.3) is 0 Å². The van der Waals surface area contributed by atoms with Crippen LogP contribution in [0.15, 0.2) is 54.6 Å². The first kappa shape index (κ1) is 16.5. The van der Waals surface area contributed by atoms with Crippen LogP contribution in [-0.4, -0.2) is 23.1 Å². The van der Waals surface area contributed by atoms with E-state index in [0.29, 0.717) is 5.02 Å². The van der Waals surface area contributed by atoms with E-state index < -0.39 is 6.10 Å². The number of halogens is 1. The normalized spacial score (nSPS) is 19.0. The van der Waals surface area contributed by atoms with Gasteiger partial charge in [-0.1, -0.05) is 66.9 Å². The van der Waals surface area contributed by atoms with Gasteiger partial charge >= 0.3 is 0 Å². The Kier molecular flexibility index (Phi) is 5.71. The van der Waals surface area contributed by atoms with Crippen molar-refractivity contribution in [3.8, 4) is 0 Å². The van der Waals surface area contributed by atoms with E-state index in [1.807, 2.05) is 30.3 Å². The predicted molar refractivity (Wildman–Crippen MR) is 95.6 cm³/mol. The highest BCUT2D eigenvalue weighted by molar-refractivity contribution is 6.30. The Bertz CT molecular complexity index is 591. The van der Waals surface area contributed by atoms with Crippen molar-refractivity contribution in [3.05, 3.63) is 70.7 Å². The van der Waals surface area contributed by atoms with Gasteiger partial charge in [0.2, 0.25) is 0 Å². The summed E-state index contributed by atoms with van der Waals surface area (Å²) in [5.41, 5.74) is 2.10. The Morgan fingerprint density at radius 1 is 0.783 bits per heavy atom. The number of hydrogen-bond acceptors (Lipinski definition) is 2. The van der Waals surface area contributed by atoms with Crippen LogP contribution in [-0.2, 0) is 0 Å². The maximum Gasteiger partial charge on any atom is 0.0986 e. The second-order valence-corrected chi connectivity index (χ2v) is 6.74. The molecule has 1 saturated heterocycles. The minimum atomic E-state index is -0.548. The Hall–Kier alpha value is -1.35. The molecule has 3 rings (SSSR count). The van der Waals surface area contributed by atoms with E-state index in [1.54, 1.807) is 0 Å². The minimum absolute atomic E-state index is 0.00419. The fourth-order valence-corrected chi connectivity index (χ4v) is 3.58. The molecule has 2 atom stereocenters. The molecule has 0 aliphatic carbocycles. The van der Waals surface area contributed by atoms with Crippen LogP contribution < -0.4 is 0 Å². The third-order valence-electron chi connectivity index (χ3n) is 4.69. The van der Waals surface area contributed by atoms with Crippen LogP contribution in [0.25, 0.3) is 0 Å². The zero-order chi connectivity index (χ0) is 16.1. The average Bonchev–Trinajstić information content (AvgIpc) is 2.86. The highest BCUT2D eigenvalue weighted by Crippen LogP contribution is 2.35. The van der Waals surface area contributed by atoms with Crippen LogP contribution in [0, 0.1) is 0 Å². The third-order valence-corrected chi connectivity index (χ3v) is 4.94. The lowest BCUT2D eigenvalue weighted by atomic mass is 9.94. The first-order valence-electron chi connectivity index (χ1n) is 8.48. The molecule has 23 heavy (non-hydrogen) atoms. The van der Waals surface area contributed by atoms with E-state index >= 15 is 0 Å². The van der Waals surface area contributed by atoms with Crippen molar-refractivity contribution in [2.45, 2.75) is 37.8 Å². The molecule has 2 aromatic rings. The largest absolute Gasteiger partial charge is 0.386 e. The van der Waals surface area contributed by atoms with Crippen molar-refractivity contribution >= 4 is 11.6 Å². The molecule has 0 aromatic heterocycles. The summed E-state index contributed by atoms with van der Waals surface area (Å²) in [6.07, 6.45) is 4.44. The minimum Gasteiger partial charge on any atom is -0.386 e. The third kappa shape index (κ3) is 4.14. The molecular weight excluding hydrogens is 306 g/mol. The summed E-state index contributed by atoms with van der Waals surface area (Å²) in [6, 6.07) is 17.9. The van der Waals surface area contributed by atoms with E-state index in [9.17, 15) is 5.11 Å². The number of aliphatic hydroxyl groups excluding tert-OH is 1. The van der Waals surface area contributed by atoms with Crippen LogP contribution in [0.1, 0.15) is 49.0 Å². The summed E-state index contributed by atoms with van der Waals surface area (Å²) in [5, 5.41) is 11.8. The summed E-state index contributed by atoms with van der Waals surface area (Å²) >= 11 is 5.99. The molecule has 0 radical (unpaired) electrons. The van der Waals surface area contributed by atoms with Crippen molar-refractivity contribution in [2.75, 3.05) is 13.1 Å². The summed E-state index contributed by atoms with van der Waals surface area (Å²) in [4.78, 5) is 2.45. The van der Waals surface area contributed by atoms with Crippen LogP contribution in [0.5, 0.6) is 0 Å². The first-order valence-corrected chi connectivity index (χ1v) is 8.86. The van der Waals surface area contributed by atoms with Crippen molar-refractivity contribution < 1.29 is 5.11 Å². The van der Waals surface area contributed by atoms with Gasteiger partial charge in [0.15, 0.2) is 0 Å². The lowest BCUT2D eigenvalue weighted by Crippen LogP contribution is -2.33. The molecule has 122 valence electrons. The molecule has 2 aromatic carbocycles. The predicted octanol–water partition coefficient (Wildman–Crippen LogP) is 4.99. The molecule has 1 N–H and O–H groups in total. The van der Waals surface area contributed by atoms with Crippen molar-refractivity contribution in [2.24, 2.45) is 0 Å². The van der Waals surface area contributed by atoms with Gasteiger partial charge in [-0.15, -0.1) is 0 Å². The Morgan fingerprint density at radius 2 is 1.39 bits per heavy atom. The highest BCUT2D eigenvalue weighted by atomic mass is 35.5. The van der Waals surface area contributed by atoms with Gasteiger partial charge in [0, 0.05) is 5.02 Å². The standard InChI is InChI=1S/C20H24ClNO/c21-18-12-10-17(11-13-18)20(23)19(16-8-4-3-5-9-16)22-14-6-1-2-7-15-22/h3-5,8-13,19-20,23H,1-2,6-7,14-15H2/t19-,20-/m1/s1.